The van der Waals surface area contributed by atoms with Crippen LogP contribution in [0.2, 0.25) is 0 Å². The van der Waals surface area contributed by atoms with Gasteiger partial charge in [-0.25, -0.2) is 0 Å². The number of anilines is 3. The van der Waals surface area contributed by atoms with E-state index >= 15 is 0 Å². The van der Waals surface area contributed by atoms with Gasteiger partial charge in [-0.3, -0.25) is 0 Å². The first-order chi connectivity index (χ1) is 28.8. The first-order valence-electron chi connectivity index (χ1n) is 20.0. The predicted octanol–water partition coefficient (Wildman–Crippen LogP) is 14.3. The van der Waals surface area contributed by atoms with Gasteiger partial charge in [-0.05, 0) is 100 Å². The number of H-pyrrole nitrogens is 1. The van der Waals surface area contributed by atoms with E-state index in [1.165, 1.54) is 66.0 Å². The van der Waals surface area contributed by atoms with Crippen molar-refractivity contribution in [2.75, 3.05) is 4.90 Å². The van der Waals surface area contributed by atoms with E-state index in [2.05, 4.69) is 233 Å². The Kier molecular flexibility index (Phi) is 7.14. The summed E-state index contributed by atoms with van der Waals surface area (Å²) in [5, 5.41) is 4.89. The van der Waals surface area contributed by atoms with Crippen molar-refractivity contribution >= 4 is 60.7 Å². The molecule has 272 valence electrons. The van der Waals surface area contributed by atoms with Crippen LogP contribution < -0.4 is 4.90 Å². The third kappa shape index (κ3) is 4.68. The molecular weight excluding hydrogens is 703 g/mol. The van der Waals surface area contributed by atoms with Crippen LogP contribution in [0.15, 0.2) is 218 Å². The number of benzene rings is 9. The zero-order valence-corrected chi connectivity index (χ0v) is 31.7. The van der Waals surface area contributed by atoms with E-state index in [4.69, 9.17) is 0 Å². The monoisotopic (exact) mass is 739 g/mol. The fourth-order valence-electron chi connectivity index (χ4n) is 9.96. The molecule has 0 saturated carbocycles. The Bertz CT molecular complexity index is 3300. The Morgan fingerprint density at radius 3 is 1.71 bits per heavy atom. The van der Waals surface area contributed by atoms with Gasteiger partial charge in [0.15, 0.2) is 0 Å². The fraction of sp³-hybridized carbons (Fsp3) is 0.0182. The van der Waals surface area contributed by atoms with E-state index < -0.39 is 5.41 Å². The molecular formula is C55H37N3. The highest BCUT2D eigenvalue weighted by Gasteiger charge is 2.46. The van der Waals surface area contributed by atoms with E-state index in [9.17, 15) is 0 Å². The Balaban J connectivity index is 1.14. The molecule has 0 unspecified atom stereocenters. The molecule has 0 radical (unpaired) electrons. The van der Waals surface area contributed by atoms with Crippen molar-refractivity contribution in [3.63, 3.8) is 0 Å². The largest absolute Gasteiger partial charge is 0.354 e. The van der Waals surface area contributed by atoms with Gasteiger partial charge in [0.05, 0.1) is 16.4 Å². The Morgan fingerprint density at radius 2 is 0.914 bits per heavy atom. The summed E-state index contributed by atoms with van der Waals surface area (Å²) in [6, 6.07) is 80.1. The number of rotatable bonds is 6. The lowest BCUT2D eigenvalue weighted by Gasteiger charge is -2.35. The molecule has 0 amide bonds. The van der Waals surface area contributed by atoms with E-state index in [1.807, 2.05) is 0 Å². The molecule has 1 aliphatic rings. The second-order valence-corrected chi connectivity index (χ2v) is 15.4. The molecule has 1 N–H and O–H groups in total. The summed E-state index contributed by atoms with van der Waals surface area (Å²) in [5.41, 5.74) is 16.2. The van der Waals surface area contributed by atoms with E-state index in [1.54, 1.807) is 0 Å². The molecule has 2 aromatic heterocycles. The van der Waals surface area contributed by atoms with Gasteiger partial charge in [0.1, 0.15) is 0 Å². The standard InChI is InChI=1S/C55H37N3/c1-4-16-37(17-5-1)55(38-18-6-2-7-19-38)49-25-13-10-22-43(49)44-31-28-41(35-50(44)55)57(42-29-32-46-45-23-11-14-26-51(45)56-52(46)36-42)40-30-33-54-48(34-40)47-24-12-15-27-53(47)58(54)39-20-8-3-9-21-39/h1-36,56H. The van der Waals surface area contributed by atoms with Crippen LogP contribution in [0.4, 0.5) is 17.1 Å². The molecule has 0 spiro atoms. The van der Waals surface area contributed by atoms with Crippen molar-refractivity contribution < 1.29 is 0 Å². The average molecular weight is 740 g/mol. The summed E-state index contributed by atoms with van der Waals surface area (Å²) in [7, 11) is 0. The number of hydrogen-bond acceptors (Lipinski definition) is 1. The third-order valence-electron chi connectivity index (χ3n) is 12.4. The predicted molar refractivity (Wildman–Crippen MR) is 242 cm³/mol. The number of fused-ring (bicyclic) bond motifs is 9. The zero-order valence-electron chi connectivity index (χ0n) is 31.7. The lowest BCUT2D eigenvalue weighted by atomic mass is 9.67. The summed E-state index contributed by atoms with van der Waals surface area (Å²) in [4.78, 5) is 6.18. The maximum Gasteiger partial charge on any atom is 0.0714 e. The highest BCUT2D eigenvalue weighted by Crippen LogP contribution is 2.57. The van der Waals surface area contributed by atoms with Crippen LogP contribution in [0.1, 0.15) is 22.3 Å². The Morgan fingerprint density at radius 1 is 0.362 bits per heavy atom. The number of nitrogens with zero attached hydrogens (tertiary/aromatic N) is 2. The van der Waals surface area contributed by atoms with Gasteiger partial charge < -0.3 is 14.5 Å². The number of hydrogen-bond donors (Lipinski definition) is 1. The van der Waals surface area contributed by atoms with Crippen LogP contribution >= 0.6 is 0 Å². The number of aromatic nitrogens is 2. The second kappa shape index (κ2) is 12.7. The van der Waals surface area contributed by atoms with Gasteiger partial charge >= 0.3 is 0 Å². The van der Waals surface area contributed by atoms with Gasteiger partial charge in [0, 0.05) is 55.3 Å². The minimum Gasteiger partial charge on any atom is -0.354 e. The van der Waals surface area contributed by atoms with Crippen molar-refractivity contribution in [3.05, 3.63) is 241 Å². The van der Waals surface area contributed by atoms with Crippen LogP contribution in [0.25, 0.3) is 60.4 Å². The summed E-state index contributed by atoms with van der Waals surface area (Å²) < 4.78 is 2.38. The Hall–Kier alpha value is -7.62. The highest BCUT2D eigenvalue weighted by atomic mass is 15.1. The lowest BCUT2D eigenvalue weighted by Crippen LogP contribution is -2.28. The average Bonchev–Trinajstić information content (AvgIpc) is 3.93. The minimum absolute atomic E-state index is 0.510. The normalized spacial score (nSPS) is 13.0. The van der Waals surface area contributed by atoms with E-state index in [0.29, 0.717) is 0 Å². The summed E-state index contributed by atoms with van der Waals surface area (Å²) in [6.07, 6.45) is 0. The summed E-state index contributed by atoms with van der Waals surface area (Å²) in [5.74, 6) is 0. The summed E-state index contributed by atoms with van der Waals surface area (Å²) in [6.45, 7) is 0. The van der Waals surface area contributed by atoms with Crippen LogP contribution in [0.5, 0.6) is 0 Å². The van der Waals surface area contributed by atoms with Crippen molar-refractivity contribution in [1.29, 1.82) is 0 Å². The Labute approximate surface area is 336 Å². The highest BCUT2D eigenvalue weighted by molar-refractivity contribution is 6.11. The van der Waals surface area contributed by atoms with Crippen LogP contribution in [-0.2, 0) is 5.41 Å². The third-order valence-corrected chi connectivity index (χ3v) is 12.4. The maximum atomic E-state index is 3.73. The van der Waals surface area contributed by atoms with E-state index in [-0.39, 0.29) is 0 Å². The van der Waals surface area contributed by atoms with Gasteiger partial charge in [-0.1, -0.05) is 152 Å². The van der Waals surface area contributed by atoms with Crippen molar-refractivity contribution in [2.45, 2.75) is 5.41 Å². The molecule has 12 rings (SSSR count). The lowest BCUT2D eigenvalue weighted by molar-refractivity contribution is 0.768. The SMILES string of the molecule is c1ccc(-n2c3ccccc3c3cc(N(c4ccc5c(c4)C(c4ccccc4)(c4ccccc4)c4ccccc4-5)c4ccc5c(c4)[nH]c4ccccc45)ccc32)cc1. The molecule has 58 heavy (non-hydrogen) atoms. The van der Waals surface area contributed by atoms with Crippen molar-refractivity contribution in [2.24, 2.45) is 0 Å². The molecule has 11 aromatic rings. The first-order valence-corrected chi connectivity index (χ1v) is 20.0. The molecule has 1 aliphatic carbocycles. The topological polar surface area (TPSA) is 24.0 Å². The molecule has 0 fully saturated rings. The van der Waals surface area contributed by atoms with Crippen LogP contribution in [0, 0.1) is 0 Å². The fourth-order valence-corrected chi connectivity index (χ4v) is 9.96. The molecule has 9 aromatic carbocycles. The van der Waals surface area contributed by atoms with Crippen LogP contribution in [-0.4, -0.2) is 9.55 Å². The first kappa shape index (κ1) is 32.6. The molecule has 3 heteroatoms. The molecule has 0 bridgehead atoms. The maximum absolute atomic E-state index is 3.73. The van der Waals surface area contributed by atoms with Crippen LogP contribution in [0.3, 0.4) is 0 Å². The molecule has 0 atom stereocenters. The van der Waals surface area contributed by atoms with Gasteiger partial charge in [0.2, 0.25) is 0 Å². The number of para-hydroxylation sites is 3. The van der Waals surface area contributed by atoms with Gasteiger partial charge in [-0.15, -0.1) is 0 Å². The molecule has 0 saturated heterocycles. The van der Waals surface area contributed by atoms with Crippen molar-refractivity contribution in [3.8, 4) is 16.8 Å². The zero-order chi connectivity index (χ0) is 38.2. The van der Waals surface area contributed by atoms with E-state index in [0.717, 1.165) is 33.8 Å². The number of aromatic amines is 1. The van der Waals surface area contributed by atoms with Gasteiger partial charge in [-0.2, -0.15) is 0 Å². The second-order valence-electron chi connectivity index (χ2n) is 15.4. The van der Waals surface area contributed by atoms with Crippen molar-refractivity contribution in [1.82, 2.24) is 9.55 Å². The molecule has 0 aliphatic heterocycles. The number of nitrogens with one attached hydrogen (secondary N) is 1. The molecule has 3 nitrogen and oxygen atoms in total. The summed E-state index contributed by atoms with van der Waals surface area (Å²) >= 11 is 0. The molecule has 2 heterocycles. The minimum atomic E-state index is -0.510. The smallest absolute Gasteiger partial charge is 0.0714 e. The van der Waals surface area contributed by atoms with Gasteiger partial charge in [0.25, 0.3) is 0 Å². The quantitative estimate of drug-likeness (QED) is 0.180.